The molecular formula is C13H13ClN4O2. The number of hydrogen-bond donors (Lipinski definition) is 0. The Morgan fingerprint density at radius 2 is 2.05 bits per heavy atom. The summed E-state index contributed by atoms with van der Waals surface area (Å²) in [6.07, 6.45) is 1.34. The molecule has 7 heteroatoms. The highest BCUT2D eigenvalue weighted by atomic mass is 35.5. The van der Waals surface area contributed by atoms with Crippen molar-refractivity contribution in [3.8, 4) is 0 Å². The van der Waals surface area contributed by atoms with Crippen LogP contribution in [0.2, 0.25) is 5.02 Å². The highest BCUT2D eigenvalue weighted by Gasteiger charge is 2.24. The molecule has 0 N–H and O–H groups in total. The van der Waals surface area contributed by atoms with Gasteiger partial charge in [-0.3, -0.25) is 4.79 Å². The molecule has 3 rings (SSSR count). The second kappa shape index (κ2) is 5.50. The SMILES string of the molecule is O=C(c1cnon1)N1CCN(c2cccc(Cl)c2)CC1. The second-order valence-corrected chi connectivity index (χ2v) is 4.99. The monoisotopic (exact) mass is 292 g/mol. The standard InChI is InChI=1S/C13H13ClN4O2/c14-10-2-1-3-11(8-10)17-4-6-18(7-5-17)13(19)12-9-15-20-16-12/h1-3,8-9H,4-7H2. The fourth-order valence-corrected chi connectivity index (χ4v) is 2.45. The lowest BCUT2D eigenvalue weighted by Crippen LogP contribution is -2.48. The van der Waals surface area contributed by atoms with E-state index in [-0.39, 0.29) is 11.6 Å². The summed E-state index contributed by atoms with van der Waals surface area (Å²) in [6, 6.07) is 7.73. The highest BCUT2D eigenvalue weighted by Crippen LogP contribution is 2.21. The average Bonchev–Trinajstić information content (AvgIpc) is 3.01. The normalized spacial score (nSPS) is 15.4. The molecule has 6 nitrogen and oxygen atoms in total. The van der Waals surface area contributed by atoms with Gasteiger partial charge < -0.3 is 9.80 Å². The van der Waals surface area contributed by atoms with Crippen molar-refractivity contribution in [1.82, 2.24) is 15.2 Å². The number of halogens is 1. The number of aromatic nitrogens is 2. The predicted molar refractivity (Wildman–Crippen MR) is 73.9 cm³/mol. The van der Waals surface area contributed by atoms with Crippen molar-refractivity contribution in [1.29, 1.82) is 0 Å². The van der Waals surface area contributed by atoms with E-state index in [1.165, 1.54) is 6.20 Å². The molecule has 0 spiro atoms. The van der Waals surface area contributed by atoms with Gasteiger partial charge in [0.1, 0.15) is 6.20 Å². The van der Waals surface area contributed by atoms with E-state index in [2.05, 4.69) is 19.8 Å². The number of hydrogen-bond acceptors (Lipinski definition) is 5. The Labute approximate surface area is 120 Å². The molecule has 0 bridgehead atoms. The van der Waals surface area contributed by atoms with Crippen LogP contribution in [0.3, 0.4) is 0 Å². The van der Waals surface area contributed by atoms with Crippen LogP contribution in [0, 0.1) is 0 Å². The molecule has 0 atom stereocenters. The molecule has 0 unspecified atom stereocenters. The molecule has 0 aliphatic carbocycles. The summed E-state index contributed by atoms with van der Waals surface area (Å²) in [5, 5.41) is 7.74. The van der Waals surface area contributed by atoms with Crippen LogP contribution in [0.5, 0.6) is 0 Å². The first-order valence-electron chi connectivity index (χ1n) is 6.31. The van der Waals surface area contributed by atoms with Crippen molar-refractivity contribution in [2.45, 2.75) is 0 Å². The summed E-state index contributed by atoms with van der Waals surface area (Å²) in [5.74, 6) is -0.142. The van der Waals surface area contributed by atoms with Gasteiger partial charge in [-0.1, -0.05) is 22.8 Å². The van der Waals surface area contributed by atoms with Crippen LogP contribution in [0.15, 0.2) is 35.1 Å². The van der Waals surface area contributed by atoms with Crippen LogP contribution in [0.4, 0.5) is 5.69 Å². The molecule has 2 aromatic rings. The fourth-order valence-electron chi connectivity index (χ4n) is 2.26. The second-order valence-electron chi connectivity index (χ2n) is 4.55. The largest absolute Gasteiger partial charge is 0.368 e. The minimum absolute atomic E-state index is 0.142. The lowest BCUT2D eigenvalue weighted by molar-refractivity contribution is 0.0735. The number of carbonyl (C=O) groups is 1. The third-order valence-corrected chi connectivity index (χ3v) is 3.56. The molecule has 2 heterocycles. The van der Waals surface area contributed by atoms with Crippen LogP contribution in [0.1, 0.15) is 10.5 Å². The summed E-state index contributed by atoms with van der Waals surface area (Å²) in [6.45, 7) is 2.80. The van der Waals surface area contributed by atoms with Gasteiger partial charge in [-0.15, -0.1) is 0 Å². The average molecular weight is 293 g/mol. The smallest absolute Gasteiger partial charge is 0.277 e. The third kappa shape index (κ3) is 2.60. The van der Waals surface area contributed by atoms with Gasteiger partial charge >= 0.3 is 0 Å². The van der Waals surface area contributed by atoms with Crippen molar-refractivity contribution in [3.63, 3.8) is 0 Å². The zero-order valence-corrected chi connectivity index (χ0v) is 11.5. The summed E-state index contributed by atoms with van der Waals surface area (Å²) in [7, 11) is 0. The van der Waals surface area contributed by atoms with Crippen molar-refractivity contribution in [2.75, 3.05) is 31.1 Å². The molecule has 1 aromatic carbocycles. The Kier molecular flexibility index (Phi) is 3.56. The third-order valence-electron chi connectivity index (χ3n) is 3.32. The summed E-state index contributed by atoms with van der Waals surface area (Å²) in [4.78, 5) is 16.0. The minimum Gasteiger partial charge on any atom is -0.368 e. The van der Waals surface area contributed by atoms with Gasteiger partial charge in [0.25, 0.3) is 5.91 Å². The number of anilines is 1. The lowest BCUT2D eigenvalue weighted by atomic mass is 10.2. The number of piperazine rings is 1. The summed E-state index contributed by atoms with van der Waals surface area (Å²) < 4.78 is 4.46. The van der Waals surface area contributed by atoms with Crippen molar-refractivity contribution < 1.29 is 9.42 Å². The number of amides is 1. The first kappa shape index (κ1) is 12.9. The molecule has 1 aromatic heterocycles. The molecule has 1 fully saturated rings. The number of rotatable bonds is 2. The van der Waals surface area contributed by atoms with E-state index in [4.69, 9.17) is 11.6 Å². The van der Waals surface area contributed by atoms with E-state index in [1.807, 2.05) is 24.3 Å². The van der Waals surface area contributed by atoms with E-state index in [0.717, 1.165) is 23.8 Å². The zero-order chi connectivity index (χ0) is 13.9. The Balaban J connectivity index is 1.64. The lowest BCUT2D eigenvalue weighted by Gasteiger charge is -2.35. The van der Waals surface area contributed by atoms with E-state index >= 15 is 0 Å². The van der Waals surface area contributed by atoms with E-state index in [1.54, 1.807) is 4.90 Å². The maximum absolute atomic E-state index is 12.1. The summed E-state index contributed by atoms with van der Waals surface area (Å²) in [5.41, 5.74) is 1.33. The van der Waals surface area contributed by atoms with E-state index in [9.17, 15) is 4.79 Å². The maximum Gasteiger partial charge on any atom is 0.277 e. The van der Waals surface area contributed by atoms with Gasteiger partial charge in [0.2, 0.25) is 0 Å². The van der Waals surface area contributed by atoms with Crippen LogP contribution in [-0.4, -0.2) is 47.3 Å². The summed E-state index contributed by atoms with van der Waals surface area (Å²) >= 11 is 5.99. The van der Waals surface area contributed by atoms with Gasteiger partial charge in [0, 0.05) is 36.9 Å². The number of carbonyl (C=O) groups excluding carboxylic acids is 1. The first-order chi connectivity index (χ1) is 9.74. The van der Waals surface area contributed by atoms with Crippen LogP contribution in [-0.2, 0) is 0 Å². The Bertz CT molecular complexity index is 594. The number of benzene rings is 1. The Morgan fingerprint density at radius 3 is 2.70 bits per heavy atom. The first-order valence-corrected chi connectivity index (χ1v) is 6.69. The molecule has 1 aliphatic rings. The van der Waals surface area contributed by atoms with Gasteiger partial charge in [0.15, 0.2) is 5.69 Å². The quantitative estimate of drug-likeness (QED) is 0.843. The van der Waals surface area contributed by atoms with Crippen molar-refractivity contribution >= 4 is 23.2 Å². The number of nitrogens with zero attached hydrogens (tertiary/aromatic N) is 4. The van der Waals surface area contributed by atoms with Gasteiger partial charge in [0.05, 0.1) is 0 Å². The Hall–Kier alpha value is -2.08. The van der Waals surface area contributed by atoms with Gasteiger partial charge in [-0.25, -0.2) is 4.63 Å². The van der Waals surface area contributed by atoms with Crippen molar-refractivity contribution in [2.24, 2.45) is 0 Å². The highest BCUT2D eigenvalue weighted by molar-refractivity contribution is 6.30. The van der Waals surface area contributed by atoms with Crippen LogP contribution >= 0.6 is 11.6 Å². The van der Waals surface area contributed by atoms with Gasteiger partial charge in [-0.05, 0) is 23.4 Å². The van der Waals surface area contributed by atoms with Crippen LogP contribution in [0.25, 0.3) is 0 Å². The predicted octanol–water partition coefficient (Wildman–Crippen LogP) is 1.69. The molecule has 20 heavy (non-hydrogen) atoms. The molecule has 104 valence electrons. The maximum atomic E-state index is 12.1. The topological polar surface area (TPSA) is 62.5 Å². The minimum atomic E-state index is -0.142. The Morgan fingerprint density at radius 1 is 1.25 bits per heavy atom. The molecule has 0 radical (unpaired) electrons. The van der Waals surface area contributed by atoms with E-state index < -0.39 is 0 Å². The van der Waals surface area contributed by atoms with Gasteiger partial charge in [-0.2, -0.15) is 0 Å². The molecule has 0 saturated carbocycles. The molecular weight excluding hydrogens is 280 g/mol. The molecule has 1 amide bonds. The molecule has 1 aliphatic heterocycles. The zero-order valence-electron chi connectivity index (χ0n) is 10.7. The van der Waals surface area contributed by atoms with Crippen molar-refractivity contribution in [3.05, 3.63) is 41.2 Å². The fraction of sp³-hybridized carbons (Fsp3) is 0.308. The molecule has 1 saturated heterocycles. The van der Waals surface area contributed by atoms with Crippen LogP contribution < -0.4 is 4.90 Å². The van der Waals surface area contributed by atoms with E-state index in [0.29, 0.717) is 13.1 Å².